The lowest BCUT2D eigenvalue weighted by Crippen LogP contribution is -2.25. The van der Waals surface area contributed by atoms with Crippen molar-refractivity contribution in [3.63, 3.8) is 0 Å². The number of carbonyl (C=O) groups is 1. The van der Waals surface area contributed by atoms with Gasteiger partial charge in [-0.1, -0.05) is 0 Å². The van der Waals surface area contributed by atoms with Gasteiger partial charge in [-0.2, -0.15) is 5.10 Å². The van der Waals surface area contributed by atoms with E-state index in [-0.39, 0.29) is 11.3 Å². The van der Waals surface area contributed by atoms with Crippen molar-refractivity contribution < 1.29 is 20.1 Å². The first kappa shape index (κ1) is 14.6. The molecule has 0 fully saturated rings. The van der Waals surface area contributed by atoms with Crippen molar-refractivity contribution >= 4 is 5.97 Å². The first-order valence-corrected chi connectivity index (χ1v) is 5.67. The number of aliphatic hydroxyl groups excluding tert-OH is 2. The molecule has 4 N–H and O–H groups in total. The second-order valence-corrected chi connectivity index (χ2v) is 4.18. The zero-order valence-corrected chi connectivity index (χ0v) is 10.7. The van der Waals surface area contributed by atoms with Gasteiger partial charge in [0, 0.05) is 12.6 Å². The Hall–Kier alpha value is -1.44. The van der Waals surface area contributed by atoms with E-state index in [2.05, 4.69) is 10.4 Å². The standard InChI is InChI=1S/C11H19N3O4/c1-6-8(9(11(17)18)14(3)13-6)10(16)7(15)4-5-12-2/h7,10,12,15-16H,4-5H2,1-3H3,(H,17,18). The van der Waals surface area contributed by atoms with Crippen molar-refractivity contribution in [2.75, 3.05) is 13.6 Å². The molecule has 0 aliphatic rings. The highest BCUT2D eigenvalue weighted by molar-refractivity contribution is 5.88. The molecule has 102 valence electrons. The number of rotatable bonds is 6. The lowest BCUT2D eigenvalue weighted by Gasteiger charge is -2.18. The summed E-state index contributed by atoms with van der Waals surface area (Å²) in [5.41, 5.74) is 0.489. The van der Waals surface area contributed by atoms with Gasteiger partial charge in [0.25, 0.3) is 0 Å². The molecule has 0 aliphatic carbocycles. The van der Waals surface area contributed by atoms with Crippen LogP contribution in [0, 0.1) is 6.92 Å². The van der Waals surface area contributed by atoms with Crippen molar-refractivity contribution in [2.45, 2.75) is 25.6 Å². The van der Waals surface area contributed by atoms with E-state index in [1.165, 1.54) is 11.7 Å². The van der Waals surface area contributed by atoms with Crippen molar-refractivity contribution in [3.8, 4) is 0 Å². The van der Waals surface area contributed by atoms with Gasteiger partial charge < -0.3 is 20.6 Å². The summed E-state index contributed by atoms with van der Waals surface area (Å²) in [5.74, 6) is -1.17. The number of hydrogen-bond donors (Lipinski definition) is 4. The minimum atomic E-state index is -1.25. The molecule has 0 saturated heterocycles. The summed E-state index contributed by atoms with van der Waals surface area (Å²) < 4.78 is 1.20. The van der Waals surface area contributed by atoms with Gasteiger partial charge in [-0.3, -0.25) is 4.68 Å². The third kappa shape index (κ3) is 2.87. The summed E-state index contributed by atoms with van der Waals surface area (Å²) in [5, 5.41) is 35.8. The van der Waals surface area contributed by atoms with Crippen LogP contribution in [0.15, 0.2) is 0 Å². The topological polar surface area (TPSA) is 108 Å². The maximum atomic E-state index is 11.1. The Labute approximate surface area is 105 Å². The van der Waals surface area contributed by atoms with E-state index in [1.807, 2.05) is 0 Å². The fourth-order valence-corrected chi connectivity index (χ4v) is 1.92. The molecule has 0 aliphatic heterocycles. The molecular formula is C11H19N3O4. The van der Waals surface area contributed by atoms with E-state index in [0.29, 0.717) is 18.7 Å². The number of carboxylic acids is 1. The Bertz CT molecular complexity index is 430. The summed E-state index contributed by atoms with van der Waals surface area (Å²) in [6.07, 6.45) is -1.96. The van der Waals surface area contributed by atoms with Crippen molar-refractivity contribution in [2.24, 2.45) is 7.05 Å². The molecule has 0 bridgehead atoms. The van der Waals surface area contributed by atoms with Crippen molar-refractivity contribution in [1.82, 2.24) is 15.1 Å². The average molecular weight is 257 g/mol. The van der Waals surface area contributed by atoms with Crippen LogP contribution in [0.3, 0.4) is 0 Å². The molecule has 0 radical (unpaired) electrons. The van der Waals surface area contributed by atoms with Gasteiger partial charge in [0.15, 0.2) is 5.69 Å². The van der Waals surface area contributed by atoms with Crippen molar-refractivity contribution in [1.29, 1.82) is 0 Å². The molecule has 0 saturated carbocycles. The number of hydrogen-bond acceptors (Lipinski definition) is 5. The first-order valence-electron chi connectivity index (χ1n) is 5.67. The normalized spacial score (nSPS) is 14.5. The predicted octanol–water partition coefficient (Wildman–Crippen LogP) is -0.569. The van der Waals surface area contributed by atoms with Gasteiger partial charge >= 0.3 is 5.97 Å². The van der Waals surface area contributed by atoms with Gasteiger partial charge in [0.05, 0.1) is 11.8 Å². The van der Waals surface area contributed by atoms with E-state index >= 15 is 0 Å². The van der Waals surface area contributed by atoms with Gasteiger partial charge in [0.1, 0.15) is 6.10 Å². The predicted molar refractivity (Wildman–Crippen MR) is 64.4 cm³/mol. The summed E-state index contributed by atoms with van der Waals surface area (Å²) in [6, 6.07) is 0. The van der Waals surface area contributed by atoms with Gasteiger partial charge in [-0.25, -0.2) is 4.79 Å². The van der Waals surface area contributed by atoms with Crippen LogP contribution in [0.5, 0.6) is 0 Å². The monoisotopic (exact) mass is 257 g/mol. The molecule has 1 aromatic rings. The fourth-order valence-electron chi connectivity index (χ4n) is 1.92. The molecule has 7 heteroatoms. The second-order valence-electron chi connectivity index (χ2n) is 4.18. The molecule has 0 spiro atoms. The van der Waals surface area contributed by atoms with E-state index in [9.17, 15) is 15.0 Å². The van der Waals surface area contributed by atoms with Crippen LogP contribution in [0.1, 0.15) is 34.3 Å². The largest absolute Gasteiger partial charge is 0.477 e. The van der Waals surface area contributed by atoms with Crippen LogP contribution in [0.2, 0.25) is 0 Å². The quantitative estimate of drug-likeness (QED) is 0.543. The lowest BCUT2D eigenvalue weighted by atomic mass is 10.00. The van der Waals surface area contributed by atoms with Crippen LogP contribution in [-0.4, -0.2) is 50.8 Å². The zero-order chi connectivity index (χ0) is 13.9. The lowest BCUT2D eigenvalue weighted by molar-refractivity contribution is 0.0126. The highest BCUT2D eigenvalue weighted by atomic mass is 16.4. The smallest absolute Gasteiger partial charge is 0.354 e. The molecule has 1 rings (SSSR count). The second kappa shape index (κ2) is 5.94. The SMILES string of the molecule is CNCCC(O)C(O)c1c(C)nn(C)c1C(=O)O. The Balaban J connectivity index is 3.04. The third-order valence-corrected chi connectivity index (χ3v) is 2.82. The Morgan fingerprint density at radius 3 is 2.61 bits per heavy atom. The summed E-state index contributed by atoms with van der Waals surface area (Å²) in [6.45, 7) is 2.13. The zero-order valence-electron chi connectivity index (χ0n) is 10.7. The molecule has 0 aromatic carbocycles. The van der Waals surface area contributed by atoms with Crippen LogP contribution in [0.4, 0.5) is 0 Å². The first-order chi connectivity index (χ1) is 8.40. The molecule has 0 amide bonds. The maximum Gasteiger partial charge on any atom is 0.354 e. The van der Waals surface area contributed by atoms with Gasteiger partial charge in [-0.05, 0) is 26.9 Å². The molecule has 7 nitrogen and oxygen atoms in total. The highest BCUT2D eigenvalue weighted by Gasteiger charge is 2.29. The van der Waals surface area contributed by atoms with E-state index in [0.717, 1.165) is 0 Å². The number of nitrogens with zero attached hydrogens (tertiary/aromatic N) is 2. The number of aromatic carboxylic acids is 1. The molecule has 1 aromatic heterocycles. The van der Waals surface area contributed by atoms with Gasteiger partial charge in [0.2, 0.25) is 0 Å². The van der Waals surface area contributed by atoms with E-state index in [4.69, 9.17) is 5.11 Å². The Morgan fingerprint density at radius 1 is 1.50 bits per heavy atom. The molecule has 2 unspecified atom stereocenters. The average Bonchev–Trinajstić information content (AvgIpc) is 2.60. The minimum Gasteiger partial charge on any atom is -0.477 e. The summed E-state index contributed by atoms with van der Waals surface area (Å²) >= 11 is 0. The maximum absolute atomic E-state index is 11.1. The summed E-state index contributed by atoms with van der Waals surface area (Å²) in [4.78, 5) is 11.1. The number of aromatic nitrogens is 2. The van der Waals surface area contributed by atoms with Crippen LogP contribution in [0.25, 0.3) is 0 Å². The van der Waals surface area contributed by atoms with E-state index < -0.39 is 18.2 Å². The molecule has 2 atom stereocenters. The fraction of sp³-hybridized carbons (Fsp3) is 0.636. The minimum absolute atomic E-state index is 0.0940. The number of aryl methyl sites for hydroxylation is 2. The van der Waals surface area contributed by atoms with Crippen LogP contribution in [-0.2, 0) is 7.05 Å². The van der Waals surface area contributed by atoms with Crippen molar-refractivity contribution in [3.05, 3.63) is 17.0 Å². The van der Waals surface area contributed by atoms with Gasteiger partial charge in [-0.15, -0.1) is 0 Å². The number of carboxylic acid groups (broad SMARTS) is 1. The molecule has 18 heavy (non-hydrogen) atoms. The summed E-state index contributed by atoms with van der Waals surface area (Å²) in [7, 11) is 3.23. The highest BCUT2D eigenvalue weighted by Crippen LogP contribution is 2.25. The third-order valence-electron chi connectivity index (χ3n) is 2.82. The number of aliphatic hydroxyl groups is 2. The van der Waals surface area contributed by atoms with Crippen LogP contribution >= 0.6 is 0 Å². The molecule has 1 heterocycles. The molecular weight excluding hydrogens is 238 g/mol. The van der Waals surface area contributed by atoms with Crippen LogP contribution < -0.4 is 5.32 Å². The Morgan fingerprint density at radius 2 is 2.11 bits per heavy atom. The van der Waals surface area contributed by atoms with E-state index in [1.54, 1.807) is 14.0 Å². The Kier molecular flexibility index (Phi) is 4.83. The number of nitrogens with one attached hydrogen (secondary N) is 1.